The highest BCUT2D eigenvalue weighted by molar-refractivity contribution is 5.68. The van der Waals surface area contributed by atoms with Crippen LogP contribution >= 0.6 is 0 Å². The summed E-state index contributed by atoms with van der Waals surface area (Å²) < 4.78 is 5.20. The minimum absolute atomic E-state index is 0.420. The molecular weight excluding hydrogens is 288 g/mol. The standard InChI is InChI=1S/C19H20N2O2/c1-19(2,3)23-18(22)21-13-14-5-7-15(8-6-14)16-9-11-17(20-4)12-10-16/h5-12H,13H2,1-3H3,(H,21,22). The highest BCUT2D eigenvalue weighted by atomic mass is 16.6. The first-order valence-electron chi connectivity index (χ1n) is 7.41. The number of carbonyl (C=O) groups is 1. The van der Waals surface area contributed by atoms with Gasteiger partial charge in [0.25, 0.3) is 0 Å². The number of ether oxygens (including phenoxy) is 1. The highest BCUT2D eigenvalue weighted by Crippen LogP contribution is 2.23. The van der Waals surface area contributed by atoms with Gasteiger partial charge in [-0.25, -0.2) is 9.64 Å². The number of alkyl carbamates (subject to hydrolysis) is 1. The summed E-state index contributed by atoms with van der Waals surface area (Å²) in [5.74, 6) is 0. The predicted molar refractivity (Wildman–Crippen MR) is 91.2 cm³/mol. The van der Waals surface area contributed by atoms with E-state index < -0.39 is 11.7 Å². The average Bonchev–Trinajstić information content (AvgIpc) is 2.52. The van der Waals surface area contributed by atoms with Gasteiger partial charge in [0.1, 0.15) is 5.60 Å². The smallest absolute Gasteiger partial charge is 0.407 e. The summed E-state index contributed by atoms with van der Waals surface area (Å²) in [7, 11) is 0. The van der Waals surface area contributed by atoms with E-state index >= 15 is 0 Å². The number of nitrogens with zero attached hydrogens (tertiary/aromatic N) is 1. The van der Waals surface area contributed by atoms with E-state index in [1.165, 1.54) is 0 Å². The Morgan fingerprint density at radius 2 is 1.57 bits per heavy atom. The Morgan fingerprint density at radius 3 is 2.04 bits per heavy atom. The largest absolute Gasteiger partial charge is 0.444 e. The maximum Gasteiger partial charge on any atom is 0.407 e. The summed E-state index contributed by atoms with van der Waals surface area (Å²) in [5.41, 5.74) is 3.27. The predicted octanol–water partition coefficient (Wildman–Crippen LogP) is 4.93. The van der Waals surface area contributed by atoms with E-state index in [9.17, 15) is 4.79 Å². The van der Waals surface area contributed by atoms with Crippen LogP contribution in [0.1, 0.15) is 26.3 Å². The molecule has 4 heteroatoms. The van der Waals surface area contributed by atoms with Gasteiger partial charge in [-0.1, -0.05) is 48.5 Å². The van der Waals surface area contributed by atoms with Gasteiger partial charge in [-0.3, -0.25) is 0 Å². The van der Waals surface area contributed by atoms with Crippen LogP contribution in [0, 0.1) is 6.57 Å². The maximum atomic E-state index is 11.6. The van der Waals surface area contributed by atoms with Crippen molar-refractivity contribution in [1.29, 1.82) is 0 Å². The first-order chi connectivity index (χ1) is 10.9. The lowest BCUT2D eigenvalue weighted by Crippen LogP contribution is -2.32. The molecule has 0 radical (unpaired) electrons. The topological polar surface area (TPSA) is 42.7 Å². The summed E-state index contributed by atoms with van der Waals surface area (Å²) in [5, 5.41) is 2.74. The molecule has 0 atom stereocenters. The summed E-state index contributed by atoms with van der Waals surface area (Å²) in [6.45, 7) is 12.9. The van der Waals surface area contributed by atoms with Crippen molar-refractivity contribution >= 4 is 11.8 Å². The molecule has 0 aliphatic carbocycles. The van der Waals surface area contributed by atoms with Gasteiger partial charge in [-0.05, 0) is 37.5 Å². The van der Waals surface area contributed by atoms with Gasteiger partial charge < -0.3 is 10.1 Å². The van der Waals surface area contributed by atoms with Crippen molar-refractivity contribution in [2.45, 2.75) is 32.9 Å². The molecule has 1 N–H and O–H groups in total. The van der Waals surface area contributed by atoms with Crippen LogP contribution in [-0.2, 0) is 11.3 Å². The first-order valence-corrected chi connectivity index (χ1v) is 7.41. The average molecular weight is 308 g/mol. The monoisotopic (exact) mass is 308 g/mol. The fourth-order valence-corrected chi connectivity index (χ4v) is 2.03. The van der Waals surface area contributed by atoms with Crippen LogP contribution in [0.3, 0.4) is 0 Å². The van der Waals surface area contributed by atoms with Gasteiger partial charge in [0.15, 0.2) is 5.69 Å². The Labute approximate surface area is 136 Å². The summed E-state index contributed by atoms with van der Waals surface area (Å²) >= 11 is 0. The lowest BCUT2D eigenvalue weighted by Gasteiger charge is -2.19. The molecular formula is C19H20N2O2. The second-order valence-electron chi connectivity index (χ2n) is 6.21. The molecule has 0 aliphatic rings. The minimum atomic E-state index is -0.495. The van der Waals surface area contributed by atoms with Gasteiger partial charge in [-0.15, -0.1) is 0 Å². The Hall–Kier alpha value is -2.80. The molecule has 1 amide bonds. The Morgan fingerprint density at radius 1 is 1.04 bits per heavy atom. The molecule has 0 saturated carbocycles. The number of carbonyl (C=O) groups excluding carboxylic acids is 1. The van der Waals surface area contributed by atoms with Crippen LogP contribution < -0.4 is 5.32 Å². The van der Waals surface area contributed by atoms with Gasteiger partial charge in [-0.2, -0.15) is 0 Å². The lowest BCUT2D eigenvalue weighted by atomic mass is 10.0. The molecule has 0 saturated heterocycles. The van der Waals surface area contributed by atoms with Crippen LogP contribution in [0.4, 0.5) is 10.5 Å². The van der Waals surface area contributed by atoms with Crippen LogP contribution in [0.25, 0.3) is 16.0 Å². The second kappa shape index (κ2) is 6.97. The lowest BCUT2D eigenvalue weighted by molar-refractivity contribution is 0.0523. The van der Waals surface area contributed by atoms with Crippen molar-refractivity contribution < 1.29 is 9.53 Å². The van der Waals surface area contributed by atoms with Crippen LogP contribution in [0.5, 0.6) is 0 Å². The van der Waals surface area contributed by atoms with Gasteiger partial charge in [0.2, 0.25) is 0 Å². The molecule has 2 aromatic rings. The van der Waals surface area contributed by atoms with Crippen LogP contribution in [0.15, 0.2) is 48.5 Å². The van der Waals surface area contributed by atoms with E-state index in [0.29, 0.717) is 12.2 Å². The molecule has 0 heterocycles. The minimum Gasteiger partial charge on any atom is -0.444 e. The molecule has 0 spiro atoms. The quantitative estimate of drug-likeness (QED) is 0.817. The molecule has 0 aliphatic heterocycles. The van der Waals surface area contributed by atoms with E-state index in [4.69, 9.17) is 11.3 Å². The third kappa shape index (κ3) is 5.15. The van der Waals surface area contributed by atoms with Gasteiger partial charge >= 0.3 is 6.09 Å². The Kier molecular flexibility index (Phi) is 5.02. The number of rotatable bonds is 3. The van der Waals surface area contributed by atoms with Crippen molar-refractivity contribution in [3.63, 3.8) is 0 Å². The van der Waals surface area contributed by atoms with Crippen molar-refractivity contribution in [1.82, 2.24) is 5.32 Å². The van der Waals surface area contributed by atoms with E-state index in [-0.39, 0.29) is 0 Å². The molecule has 0 aromatic heterocycles. The fraction of sp³-hybridized carbons (Fsp3) is 0.263. The second-order valence-corrected chi connectivity index (χ2v) is 6.21. The van der Waals surface area contributed by atoms with Crippen molar-refractivity contribution in [3.05, 3.63) is 65.5 Å². The highest BCUT2D eigenvalue weighted by Gasteiger charge is 2.15. The molecule has 4 nitrogen and oxygen atoms in total. The van der Waals surface area contributed by atoms with Crippen molar-refractivity contribution in [2.75, 3.05) is 0 Å². The summed E-state index contributed by atoms with van der Waals surface area (Å²) in [6, 6.07) is 15.4. The molecule has 2 aromatic carbocycles. The van der Waals surface area contributed by atoms with Crippen LogP contribution in [0.2, 0.25) is 0 Å². The fourth-order valence-electron chi connectivity index (χ4n) is 2.03. The van der Waals surface area contributed by atoms with Gasteiger partial charge in [0.05, 0.1) is 6.57 Å². The van der Waals surface area contributed by atoms with E-state index in [1.54, 1.807) is 12.1 Å². The third-order valence-corrected chi connectivity index (χ3v) is 3.12. The zero-order chi connectivity index (χ0) is 16.9. The van der Waals surface area contributed by atoms with E-state index in [0.717, 1.165) is 16.7 Å². The molecule has 23 heavy (non-hydrogen) atoms. The Bertz CT molecular complexity index is 705. The number of nitrogens with one attached hydrogen (secondary N) is 1. The summed E-state index contributed by atoms with van der Waals surface area (Å²) in [6.07, 6.45) is -0.420. The van der Waals surface area contributed by atoms with E-state index in [1.807, 2.05) is 57.2 Å². The number of benzene rings is 2. The molecule has 0 unspecified atom stereocenters. The normalized spacial score (nSPS) is 10.7. The first kappa shape index (κ1) is 16.6. The molecule has 118 valence electrons. The Balaban J connectivity index is 1.97. The summed E-state index contributed by atoms with van der Waals surface area (Å²) in [4.78, 5) is 15.0. The number of hydrogen-bond acceptors (Lipinski definition) is 2. The zero-order valence-electron chi connectivity index (χ0n) is 13.6. The number of amides is 1. The molecule has 0 bridgehead atoms. The van der Waals surface area contributed by atoms with E-state index in [2.05, 4.69) is 10.2 Å². The molecule has 0 fully saturated rings. The van der Waals surface area contributed by atoms with Gasteiger partial charge in [0, 0.05) is 6.54 Å². The van der Waals surface area contributed by atoms with Crippen molar-refractivity contribution in [3.8, 4) is 11.1 Å². The molecule has 2 rings (SSSR count). The third-order valence-electron chi connectivity index (χ3n) is 3.12. The SMILES string of the molecule is [C-]#[N+]c1ccc(-c2ccc(CNC(=O)OC(C)(C)C)cc2)cc1. The number of hydrogen-bond donors (Lipinski definition) is 1. The van der Waals surface area contributed by atoms with Crippen molar-refractivity contribution in [2.24, 2.45) is 0 Å². The van der Waals surface area contributed by atoms with Crippen LogP contribution in [-0.4, -0.2) is 11.7 Å². The zero-order valence-corrected chi connectivity index (χ0v) is 13.6. The maximum absolute atomic E-state index is 11.6.